The Labute approximate surface area is 118 Å². The molecule has 0 radical (unpaired) electrons. The highest BCUT2D eigenvalue weighted by Crippen LogP contribution is 2.38. The zero-order valence-corrected chi connectivity index (χ0v) is 12.3. The van der Waals surface area contributed by atoms with Gasteiger partial charge in [0.15, 0.2) is 5.69 Å². The molecule has 0 aliphatic rings. The molecule has 1 rings (SSSR count). The fraction of sp³-hybridized carbons (Fsp3) is 0.364. The molecule has 7 heteroatoms. The summed E-state index contributed by atoms with van der Waals surface area (Å²) in [5, 5.41) is 11.1. The lowest BCUT2D eigenvalue weighted by Crippen LogP contribution is -2.12. The van der Waals surface area contributed by atoms with Gasteiger partial charge < -0.3 is 5.73 Å². The zero-order chi connectivity index (χ0) is 13.9. The quantitative estimate of drug-likeness (QED) is 0.299. The van der Waals surface area contributed by atoms with Gasteiger partial charge >= 0.3 is 0 Å². The smallest absolute Gasteiger partial charge is 0.296 e. The van der Waals surface area contributed by atoms with Crippen LogP contribution in [0, 0.1) is 10.1 Å². The van der Waals surface area contributed by atoms with Gasteiger partial charge in [0.1, 0.15) is 5.84 Å². The molecule has 0 heterocycles. The van der Waals surface area contributed by atoms with E-state index in [1.54, 1.807) is 6.07 Å². The van der Waals surface area contributed by atoms with Crippen molar-refractivity contribution in [3.63, 3.8) is 0 Å². The maximum Gasteiger partial charge on any atom is 0.296 e. The van der Waals surface area contributed by atoms with Gasteiger partial charge in [-0.15, -0.1) is 11.6 Å². The molecule has 1 aromatic carbocycles. The number of nitrogens with two attached hydrogens (primary N) is 1. The van der Waals surface area contributed by atoms with Crippen molar-refractivity contribution in [2.45, 2.75) is 19.8 Å². The summed E-state index contributed by atoms with van der Waals surface area (Å²) in [6, 6.07) is 3.31. The number of aliphatic imine (C=N–C) groups is 1. The van der Waals surface area contributed by atoms with E-state index in [4.69, 9.17) is 17.3 Å². The third-order valence-electron chi connectivity index (χ3n) is 2.32. The van der Waals surface area contributed by atoms with Crippen LogP contribution < -0.4 is 5.73 Å². The first-order valence-electron chi connectivity index (χ1n) is 5.23. The molecule has 0 atom stereocenters. The van der Waals surface area contributed by atoms with Crippen LogP contribution >= 0.6 is 27.5 Å². The van der Waals surface area contributed by atoms with Gasteiger partial charge in [0, 0.05) is 6.07 Å². The van der Waals surface area contributed by atoms with Crippen LogP contribution in [0.25, 0.3) is 0 Å². The van der Waals surface area contributed by atoms with E-state index in [1.165, 1.54) is 6.07 Å². The van der Waals surface area contributed by atoms with E-state index in [9.17, 15) is 10.1 Å². The number of alkyl halides is 1. The fourth-order valence-electron chi connectivity index (χ4n) is 1.36. The number of halogens is 2. The summed E-state index contributed by atoms with van der Waals surface area (Å²) in [7, 11) is 0. The van der Waals surface area contributed by atoms with Crippen molar-refractivity contribution < 1.29 is 4.92 Å². The number of hydrogen-bond acceptors (Lipinski definition) is 3. The minimum atomic E-state index is -0.475. The van der Waals surface area contributed by atoms with Gasteiger partial charge in [-0.1, -0.05) is 13.8 Å². The molecular formula is C11H13BrClN3O2. The Kier molecular flexibility index (Phi) is 5.10. The average Bonchev–Trinajstić information content (AvgIpc) is 2.30. The lowest BCUT2D eigenvalue weighted by Gasteiger charge is -2.08. The molecule has 0 aromatic heterocycles. The van der Waals surface area contributed by atoms with Gasteiger partial charge in [0.2, 0.25) is 0 Å². The maximum atomic E-state index is 11.1. The van der Waals surface area contributed by atoms with Crippen molar-refractivity contribution in [3.05, 3.63) is 32.3 Å². The molecular weight excluding hydrogens is 321 g/mol. The van der Waals surface area contributed by atoms with E-state index in [0.717, 1.165) is 5.56 Å². The first kappa shape index (κ1) is 14.9. The predicted molar refractivity (Wildman–Crippen MR) is 76.9 cm³/mol. The second kappa shape index (κ2) is 6.15. The van der Waals surface area contributed by atoms with Crippen LogP contribution in [-0.4, -0.2) is 16.6 Å². The molecule has 0 saturated heterocycles. The third kappa shape index (κ3) is 3.43. The second-order valence-electron chi connectivity index (χ2n) is 4.02. The lowest BCUT2D eigenvalue weighted by atomic mass is 10.0. The van der Waals surface area contributed by atoms with Crippen LogP contribution in [0.2, 0.25) is 0 Å². The lowest BCUT2D eigenvalue weighted by molar-refractivity contribution is -0.384. The summed E-state index contributed by atoms with van der Waals surface area (Å²) in [4.78, 5) is 14.6. The number of rotatable bonds is 4. The van der Waals surface area contributed by atoms with Gasteiger partial charge in [0.05, 0.1) is 15.3 Å². The van der Waals surface area contributed by atoms with Crippen molar-refractivity contribution in [3.8, 4) is 0 Å². The van der Waals surface area contributed by atoms with Crippen LogP contribution in [0.3, 0.4) is 0 Å². The number of amidine groups is 1. The summed E-state index contributed by atoms with van der Waals surface area (Å²) in [6.45, 7) is 3.92. The number of benzene rings is 1. The van der Waals surface area contributed by atoms with Gasteiger partial charge in [-0.3, -0.25) is 10.1 Å². The Bertz CT molecular complexity index is 503. The summed E-state index contributed by atoms with van der Waals surface area (Å²) in [6.07, 6.45) is 0. The van der Waals surface area contributed by atoms with Crippen molar-refractivity contribution in [2.24, 2.45) is 10.7 Å². The Morgan fingerprint density at radius 3 is 2.67 bits per heavy atom. The molecule has 0 aliphatic carbocycles. The zero-order valence-electron chi connectivity index (χ0n) is 9.98. The highest BCUT2D eigenvalue weighted by molar-refractivity contribution is 9.10. The molecule has 0 unspecified atom stereocenters. The van der Waals surface area contributed by atoms with Gasteiger partial charge in [-0.2, -0.15) is 0 Å². The molecule has 18 heavy (non-hydrogen) atoms. The van der Waals surface area contributed by atoms with Gasteiger partial charge in [0.25, 0.3) is 5.69 Å². The van der Waals surface area contributed by atoms with Crippen LogP contribution in [0.4, 0.5) is 11.4 Å². The number of nitrogens with zero attached hydrogens (tertiary/aromatic N) is 2. The van der Waals surface area contributed by atoms with Crippen LogP contribution in [-0.2, 0) is 0 Å². The number of hydrogen-bond donors (Lipinski definition) is 1. The topological polar surface area (TPSA) is 81.5 Å². The largest absolute Gasteiger partial charge is 0.386 e. The molecule has 2 N–H and O–H groups in total. The Morgan fingerprint density at radius 1 is 1.61 bits per heavy atom. The van der Waals surface area contributed by atoms with E-state index in [0.29, 0.717) is 4.47 Å². The van der Waals surface area contributed by atoms with Crippen molar-refractivity contribution in [2.75, 3.05) is 5.88 Å². The molecule has 0 spiro atoms. The predicted octanol–water partition coefficient (Wildman–Crippen LogP) is 3.71. The van der Waals surface area contributed by atoms with Crippen LogP contribution in [0.5, 0.6) is 0 Å². The van der Waals surface area contributed by atoms with Crippen molar-refractivity contribution in [1.82, 2.24) is 0 Å². The van der Waals surface area contributed by atoms with Crippen molar-refractivity contribution >= 4 is 44.7 Å². The third-order valence-corrected chi connectivity index (χ3v) is 3.20. The standard InChI is InChI=1S/C11H13BrClN3O2/c1-6(2)7-3-8(12)11(15-10(14)5-13)9(4-7)16(17)18/h3-4,6H,5H2,1-2H3,(H2,14,15). The molecule has 5 nitrogen and oxygen atoms in total. The fourth-order valence-corrected chi connectivity index (χ4v) is 1.98. The van der Waals surface area contributed by atoms with Crippen LogP contribution in [0.15, 0.2) is 21.6 Å². The summed E-state index contributed by atoms with van der Waals surface area (Å²) >= 11 is 8.81. The van der Waals surface area contributed by atoms with E-state index in [-0.39, 0.29) is 29.0 Å². The summed E-state index contributed by atoms with van der Waals surface area (Å²) in [5.74, 6) is 0.344. The molecule has 0 fully saturated rings. The van der Waals surface area contributed by atoms with E-state index >= 15 is 0 Å². The van der Waals surface area contributed by atoms with E-state index in [2.05, 4.69) is 20.9 Å². The molecule has 1 aromatic rings. The highest BCUT2D eigenvalue weighted by atomic mass is 79.9. The molecule has 0 bridgehead atoms. The summed E-state index contributed by atoms with van der Waals surface area (Å²) in [5.41, 5.74) is 6.49. The number of nitro groups is 1. The Balaban J connectivity index is 3.46. The number of nitro benzene ring substituents is 1. The minimum absolute atomic E-state index is 0.0233. The molecule has 0 amide bonds. The van der Waals surface area contributed by atoms with Crippen molar-refractivity contribution in [1.29, 1.82) is 0 Å². The normalized spacial score (nSPS) is 11.9. The summed E-state index contributed by atoms with van der Waals surface area (Å²) < 4.78 is 0.536. The first-order valence-corrected chi connectivity index (χ1v) is 6.56. The molecule has 98 valence electrons. The minimum Gasteiger partial charge on any atom is -0.386 e. The van der Waals surface area contributed by atoms with Gasteiger partial charge in [-0.05, 0) is 33.5 Å². The average molecular weight is 335 g/mol. The Morgan fingerprint density at radius 2 is 2.22 bits per heavy atom. The second-order valence-corrected chi connectivity index (χ2v) is 5.14. The molecule has 0 saturated carbocycles. The monoisotopic (exact) mass is 333 g/mol. The molecule has 0 aliphatic heterocycles. The Hall–Kier alpha value is -1.14. The van der Waals surface area contributed by atoms with Crippen LogP contribution in [0.1, 0.15) is 25.3 Å². The first-order chi connectivity index (χ1) is 8.36. The van der Waals surface area contributed by atoms with Gasteiger partial charge in [-0.25, -0.2) is 4.99 Å². The van der Waals surface area contributed by atoms with E-state index < -0.39 is 4.92 Å². The van der Waals surface area contributed by atoms with E-state index in [1.807, 2.05) is 13.8 Å². The highest BCUT2D eigenvalue weighted by Gasteiger charge is 2.19. The SMILES string of the molecule is CC(C)c1cc(Br)c(N=C(N)CCl)c([N+](=O)[O-])c1. The maximum absolute atomic E-state index is 11.1.